The number of aryl methyl sites for hydroxylation is 2. The number of carbonyl (C=O) groups is 1. The zero-order valence-corrected chi connectivity index (χ0v) is 22.7. The van der Waals surface area contributed by atoms with Gasteiger partial charge >= 0.3 is 5.97 Å². The van der Waals surface area contributed by atoms with Crippen LogP contribution in [-0.4, -0.2) is 38.2 Å². The molecule has 0 radical (unpaired) electrons. The van der Waals surface area contributed by atoms with Gasteiger partial charge in [-0.05, 0) is 75.3 Å². The van der Waals surface area contributed by atoms with Gasteiger partial charge in [0.2, 0.25) is 0 Å². The number of carboxylic acids is 1. The first kappa shape index (κ1) is 24.6. The quantitative estimate of drug-likeness (QED) is 0.304. The number of ether oxygens (including phenoxy) is 1. The predicted molar refractivity (Wildman–Crippen MR) is 149 cm³/mol. The van der Waals surface area contributed by atoms with Crippen LogP contribution in [0.25, 0.3) is 16.1 Å². The summed E-state index contributed by atoms with van der Waals surface area (Å²) in [5, 5.41) is 19.6. The topological polar surface area (TPSA) is 89.6 Å². The molecule has 38 heavy (non-hydrogen) atoms. The van der Waals surface area contributed by atoms with Crippen molar-refractivity contribution in [2.24, 2.45) is 16.8 Å². The maximum absolute atomic E-state index is 12.1. The monoisotopic (exact) mass is 526 g/mol. The number of rotatable bonds is 7. The molecule has 0 amide bonds. The Morgan fingerprint density at radius 2 is 1.82 bits per heavy atom. The van der Waals surface area contributed by atoms with Crippen LogP contribution in [0.1, 0.15) is 59.0 Å². The van der Waals surface area contributed by atoms with Crippen LogP contribution in [0.2, 0.25) is 0 Å². The lowest BCUT2D eigenvalue weighted by Crippen LogP contribution is -2.21. The second-order valence-corrected chi connectivity index (χ2v) is 11.5. The molecule has 2 atom stereocenters. The van der Waals surface area contributed by atoms with Gasteiger partial charge in [-0.15, -0.1) is 21.5 Å². The minimum absolute atomic E-state index is 0.564. The summed E-state index contributed by atoms with van der Waals surface area (Å²) in [6.45, 7) is 8.57. The Balaban J connectivity index is 1.42. The van der Waals surface area contributed by atoms with E-state index in [1.54, 1.807) is 18.3 Å². The van der Waals surface area contributed by atoms with Crippen molar-refractivity contribution in [1.29, 1.82) is 0 Å². The number of nitrogens with zero attached hydrogens (tertiary/aromatic N) is 4. The minimum atomic E-state index is -0.914. The van der Waals surface area contributed by atoms with E-state index in [9.17, 15) is 9.90 Å². The second kappa shape index (κ2) is 9.51. The Bertz CT molecular complexity index is 1560. The fraction of sp³-hybridized carbons (Fsp3) is 0.333. The molecule has 0 spiro atoms. The van der Waals surface area contributed by atoms with E-state index in [4.69, 9.17) is 9.73 Å². The number of hydrogen-bond donors (Lipinski definition) is 1. The summed E-state index contributed by atoms with van der Waals surface area (Å²) in [5.41, 5.74) is 6.06. The van der Waals surface area contributed by atoms with Crippen molar-refractivity contribution in [2.45, 2.75) is 46.6 Å². The van der Waals surface area contributed by atoms with E-state index in [1.807, 2.05) is 23.6 Å². The van der Waals surface area contributed by atoms with Gasteiger partial charge in [0.25, 0.3) is 0 Å². The van der Waals surface area contributed by atoms with Crippen molar-refractivity contribution >= 4 is 23.0 Å². The Hall–Kier alpha value is -3.78. The van der Waals surface area contributed by atoms with Crippen molar-refractivity contribution in [3.8, 4) is 21.9 Å². The second-order valence-electron chi connectivity index (χ2n) is 10.3. The Morgan fingerprint density at radius 1 is 1.08 bits per heavy atom. The van der Waals surface area contributed by atoms with Crippen molar-refractivity contribution < 1.29 is 14.6 Å². The smallest absolute Gasteiger partial charge is 0.308 e. The van der Waals surface area contributed by atoms with Crippen LogP contribution in [0.15, 0.2) is 53.5 Å². The minimum Gasteiger partial charge on any atom is -0.493 e. The maximum Gasteiger partial charge on any atom is 0.308 e. The molecule has 2 aromatic heterocycles. The molecule has 1 N–H and O–H groups in total. The van der Waals surface area contributed by atoms with Crippen LogP contribution in [0.4, 0.5) is 0 Å². The molecule has 0 saturated heterocycles. The summed E-state index contributed by atoms with van der Waals surface area (Å²) in [7, 11) is 0. The molecule has 3 heterocycles. The number of aliphatic carboxylic acids is 1. The van der Waals surface area contributed by atoms with Gasteiger partial charge in [-0.2, -0.15) is 0 Å². The lowest BCUT2D eigenvalue weighted by molar-refractivity contribution is -0.141. The molecule has 8 heteroatoms. The van der Waals surface area contributed by atoms with E-state index >= 15 is 0 Å². The zero-order chi connectivity index (χ0) is 26.6. The van der Waals surface area contributed by atoms with E-state index in [-0.39, 0.29) is 0 Å². The number of thiophene rings is 1. The summed E-state index contributed by atoms with van der Waals surface area (Å²) in [6, 6.07) is 15.9. The molecule has 1 saturated carbocycles. The average molecular weight is 527 g/mol. The Labute approximate surface area is 225 Å². The molecule has 0 bridgehead atoms. The van der Waals surface area contributed by atoms with E-state index in [0.717, 1.165) is 56.7 Å². The molecule has 1 fully saturated rings. The van der Waals surface area contributed by atoms with Gasteiger partial charge in [0.15, 0.2) is 5.82 Å². The molecule has 2 aromatic carbocycles. The van der Waals surface area contributed by atoms with Crippen molar-refractivity contribution in [3.63, 3.8) is 0 Å². The first-order valence-electron chi connectivity index (χ1n) is 13.0. The number of aliphatic imine (C=N–C) groups is 1. The van der Waals surface area contributed by atoms with Crippen LogP contribution in [0.3, 0.4) is 0 Å². The van der Waals surface area contributed by atoms with E-state index in [0.29, 0.717) is 11.7 Å². The number of aromatic nitrogens is 3. The Morgan fingerprint density at radius 3 is 2.53 bits per heavy atom. The largest absolute Gasteiger partial charge is 0.493 e. The highest BCUT2D eigenvalue weighted by Crippen LogP contribution is 2.41. The average Bonchev–Trinajstić information content (AvgIpc) is 3.64. The lowest BCUT2D eigenvalue weighted by Gasteiger charge is -2.16. The highest BCUT2D eigenvalue weighted by molar-refractivity contribution is 7.15. The first-order valence-corrected chi connectivity index (χ1v) is 13.8. The van der Waals surface area contributed by atoms with Gasteiger partial charge in [-0.25, -0.2) is 0 Å². The molecule has 4 aromatic rings. The lowest BCUT2D eigenvalue weighted by atomic mass is 9.96. The van der Waals surface area contributed by atoms with Gasteiger partial charge in [-0.3, -0.25) is 14.4 Å². The summed E-state index contributed by atoms with van der Waals surface area (Å²) >= 11 is 1.67. The molecule has 6 rings (SSSR count). The zero-order valence-electron chi connectivity index (χ0n) is 21.9. The summed E-state index contributed by atoms with van der Waals surface area (Å²) in [6.07, 6.45) is 2.53. The molecule has 1 aliphatic heterocycles. The standard InChI is InChI=1S/C30H30N4O3S/c1-16-18(3)38-29-25(16)27(31-26(17(2)30(35)36)28-33-32-19(4)34(28)29)22-12-10-21(11-13-22)23-6-5-7-24(14-23)37-15-20-8-9-20/h5-7,10-14,17,20,26H,8-9,15H2,1-4H3,(H,35,36)/t17?,26-/m0/s1. The van der Waals surface area contributed by atoms with Crippen LogP contribution in [0, 0.1) is 32.6 Å². The van der Waals surface area contributed by atoms with E-state index in [1.165, 1.54) is 17.7 Å². The first-order chi connectivity index (χ1) is 18.3. The van der Waals surface area contributed by atoms with Crippen LogP contribution >= 0.6 is 11.3 Å². The molecule has 1 aliphatic carbocycles. The van der Waals surface area contributed by atoms with Gasteiger partial charge < -0.3 is 9.84 Å². The van der Waals surface area contributed by atoms with Crippen LogP contribution in [0.5, 0.6) is 5.75 Å². The maximum atomic E-state index is 12.1. The fourth-order valence-electron chi connectivity index (χ4n) is 4.90. The van der Waals surface area contributed by atoms with E-state index in [2.05, 4.69) is 60.4 Å². The summed E-state index contributed by atoms with van der Waals surface area (Å²) in [5.74, 6) is 1.21. The molecular formula is C30H30N4O3S. The number of fused-ring (bicyclic) bond motifs is 3. The Kier molecular flexibility index (Phi) is 6.14. The third-order valence-electron chi connectivity index (χ3n) is 7.56. The van der Waals surface area contributed by atoms with Crippen molar-refractivity contribution in [3.05, 3.63) is 81.7 Å². The summed E-state index contributed by atoms with van der Waals surface area (Å²) < 4.78 is 7.97. The molecule has 194 valence electrons. The summed E-state index contributed by atoms with van der Waals surface area (Å²) in [4.78, 5) is 18.4. The van der Waals surface area contributed by atoms with Crippen LogP contribution in [-0.2, 0) is 4.79 Å². The van der Waals surface area contributed by atoms with Gasteiger partial charge in [-0.1, -0.05) is 36.4 Å². The predicted octanol–water partition coefficient (Wildman–Crippen LogP) is 6.32. The molecule has 7 nitrogen and oxygen atoms in total. The third-order valence-corrected chi connectivity index (χ3v) is 8.75. The third kappa shape index (κ3) is 4.32. The van der Waals surface area contributed by atoms with Gasteiger partial charge in [0.05, 0.1) is 18.2 Å². The number of benzene rings is 2. The number of hydrogen-bond acceptors (Lipinski definition) is 6. The van der Waals surface area contributed by atoms with E-state index < -0.39 is 17.9 Å². The normalized spacial score (nSPS) is 17.3. The molecular weight excluding hydrogens is 496 g/mol. The van der Waals surface area contributed by atoms with Gasteiger partial charge in [0.1, 0.15) is 22.6 Å². The fourth-order valence-corrected chi connectivity index (χ4v) is 6.12. The SMILES string of the molecule is Cc1sc2c(c1C)C(c1ccc(-c3cccc(OCC4CC4)c3)cc1)=N[C@@H](C(C)C(=O)O)c1nnc(C)n1-2. The molecule has 2 aliphatic rings. The number of carboxylic acid groups (broad SMARTS) is 1. The van der Waals surface area contributed by atoms with Gasteiger partial charge in [0, 0.05) is 16.0 Å². The van der Waals surface area contributed by atoms with Crippen molar-refractivity contribution in [2.75, 3.05) is 6.61 Å². The highest BCUT2D eigenvalue weighted by Gasteiger charge is 2.36. The highest BCUT2D eigenvalue weighted by atomic mass is 32.1. The van der Waals surface area contributed by atoms with Crippen molar-refractivity contribution in [1.82, 2.24) is 14.8 Å². The molecule has 1 unspecified atom stereocenters. The van der Waals surface area contributed by atoms with Crippen LogP contribution < -0.4 is 4.74 Å².